The Kier molecular flexibility index (Phi) is 8.92. The van der Waals surface area contributed by atoms with Gasteiger partial charge in [-0.15, -0.1) is 0 Å². The van der Waals surface area contributed by atoms with Crippen molar-refractivity contribution in [2.75, 3.05) is 9.80 Å². The second-order valence-electron chi connectivity index (χ2n) is 17.9. The van der Waals surface area contributed by atoms with Crippen molar-refractivity contribution in [1.82, 2.24) is 0 Å². The summed E-state index contributed by atoms with van der Waals surface area (Å²) in [5.74, 6) is 14.8. The first-order valence-corrected chi connectivity index (χ1v) is 35.2. The first kappa shape index (κ1) is 36.8. The third kappa shape index (κ3) is 6.25. The first-order valence-electron chi connectivity index (χ1n) is 20.5. The van der Waals surface area contributed by atoms with Gasteiger partial charge >= 0.3 is 350 Å². The van der Waals surface area contributed by atoms with Crippen molar-refractivity contribution in [1.29, 1.82) is 0 Å². The molecule has 0 aliphatic carbocycles. The molecule has 0 N–H and O–H groups in total. The van der Waals surface area contributed by atoms with Crippen LogP contribution in [0.1, 0.15) is 0 Å². The molecule has 10 rings (SSSR count). The summed E-state index contributed by atoms with van der Waals surface area (Å²) in [4.78, 5) is 5.00. The third-order valence-corrected chi connectivity index (χ3v) is 20.8. The molecule has 58 heavy (non-hydrogen) atoms. The van der Waals surface area contributed by atoms with Crippen LogP contribution in [0.15, 0.2) is 182 Å². The molecule has 0 unspecified atom stereocenters. The molecule has 0 saturated heterocycles. The van der Waals surface area contributed by atoms with E-state index in [0.717, 1.165) is 0 Å². The number of nitrogens with zero attached hydrogens (tertiary/aromatic N) is 2. The quantitative estimate of drug-likeness (QED) is 0.111. The monoisotopic (exact) mass is 872 g/mol. The Morgan fingerprint density at radius 2 is 0.621 bits per heavy atom. The van der Waals surface area contributed by atoms with E-state index in [1.165, 1.54) is 96.8 Å². The number of fused-ring (bicyclic) bond motifs is 2. The van der Waals surface area contributed by atoms with Crippen molar-refractivity contribution >= 4 is 123 Å². The average Bonchev–Trinajstić information content (AvgIpc) is 3.23. The molecule has 282 valence electrons. The maximum absolute atomic E-state index is 2.50. The van der Waals surface area contributed by atoms with Gasteiger partial charge in [0.1, 0.15) is 0 Å². The summed E-state index contributed by atoms with van der Waals surface area (Å²) in [6, 6.07) is 68.6. The van der Waals surface area contributed by atoms with Crippen LogP contribution in [0.3, 0.4) is 0 Å². The molecule has 0 heterocycles. The van der Waals surface area contributed by atoms with E-state index >= 15 is 0 Å². The summed E-state index contributed by atoms with van der Waals surface area (Å²) < 4.78 is 3.02. The molecule has 0 bridgehead atoms. The van der Waals surface area contributed by atoms with Crippen LogP contribution in [0, 0.1) is 0 Å². The zero-order chi connectivity index (χ0) is 39.8. The molecule has 0 radical (unpaired) electrons. The third-order valence-electron chi connectivity index (χ3n) is 12.1. The summed E-state index contributed by atoms with van der Waals surface area (Å²) in [5.41, 5.74) is 7.08. The molecule has 4 heteroatoms. The Labute approximate surface area is 347 Å². The van der Waals surface area contributed by atoms with E-state index in [1.807, 2.05) is 0 Å². The normalized spacial score (nSPS) is 12.3. The molecule has 0 spiro atoms. The van der Waals surface area contributed by atoms with Gasteiger partial charge in [-0.1, -0.05) is 0 Å². The van der Waals surface area contributed by atoms with Gasteiger partial charge in [-0.25, -0.2) is 0 Å². The minimum atomic E-state index is -2.04. The predicted octanol–water partition coefficient (Wildman–Crippen LogP) is 14.9. The SMILES string of the molecule is [CH3][Ge]([CH3])([CH3])[c]1ccc(N(c2cccc3ccccc23)c2ccc3ccc4c(N(c5cc[c]([Ge]([CH3])([CH3])[CH3])cc5)c5cccc6ccccc56)ccc5ccc2c3c54)cc1. The molecule has 0 fully saturated rings. The Morgan fingerprint density at radius 3 is 1.02 bits per heavy atom. The molecule has 0 atom stereocenters. The molecular formula is C54H48Ge2N2. The Bertz CT molecular complexity index is 2910. The molecule has 0 amide bonds. The molecule has 0 aliphatic rings. The van der Waals surface area contributed by atoms with E-state index in [1.54, 1.807) is 0 Å². The van der Waals surface area contributed by atoms with Crippen LogP contribution in [-0.4, -0.2) is 26.5 Å². The standard InChI is InChI=1S/C54H48Ge2N2/c1-55(2,3)41-25-29-43(30-26-41)57(49-19-11-15-37-13-7-9-17-45(37)49)51-35-23-39-22-34-48-52(36-24-40-21-33-47(51)53(39)54(40)48)58(44-31-27-42(28-32-44)56(4,5)6)50-20-12-16-38-14-8-10-18-46(38)50/h7-36H,1-6H3. The van der Waals surface area contributed by atoms with E-state index in [2.05, 4.69) is 226 Å². The summed E-state index contributed by atoms with van der Waals surface area (Å²) >= 11 is -4.07. The van der Waals surface area contributed by atoms with Gasteiger partial charge < -0.3 is 0 Å². The van der Waals surface area contributed by atoms with Gasteiger partial charge in [0.25, 0.3) is 0 Å². The molecule has 0 aromatic heterocycles. The van der Waals surface area contributed by atoms with E-state index in [-0.39, 0.29) is 0 Å². The maximum atomic E-state index is 2.50. The topological polar surface area (TPSA) is 6.48 Å². The van der Waals surface area contributed by atoms with Gasteiger partial charge in [0.05, 0.1) is 0 Å². The zero-order valence-corrected chi connectivity index (χ0v) is 38.4. The summed E-state index contributed by atoms with van der Waals surface area (Å²) in [6.07, 6.45) is 0. The van der Waals surface area contributed by atoms with Crippen LogP contribution in [0.25, 0.3) is 53.9 Å². The summed E-state index contributed by atoms with van der Waals surface area (Å²) in [5, 5.41) is 12.5. The van der Waals surface area contributed by atoms with Gasteiger partial charge in [0, 0.05) is 0 Å². The zero-order valence-electron chi connectivity index (χ0n) is 34.2. The van der Waals surface area contributed by atoms with Gasteiger partial charge in [-0.05, 0) is 0 Å². The van der Waals surface area contributed by atoms with Gasteiger partial charge in [0.15, 0.2) is 0 Å². The van der Waals surface area contributed by atoms with Crippen LogP contribution in [0.5, 0.6) is 0 Å². The molecule has 0 aliphatic heterocycles. The minimum absolute atomic E-state index is 1.17. The molecular weight excluding hydrogens is 822 g/mol. The molecule has 10 aromatic rings. The number of hydrogen-bond donors (Lipinski definition) is 0. The molecule has 10 aromatic carbocycles. The molecule has 0 saturated carbocycles. The van der Waals surface area contributed by atoms with Crippen molar-refractivity contribution in [3.8, 4) is 0 Å². The fourth-order valence-corrected chi connectivity index (χ4v) is 13.9. The van der Waals surface area contributed by atoms with Crippen molar-refractivity contribution in [3.63, 3.8) is 0 Å². The van der Waals surface area contributed by atoms with Crippen molar-refractivity contribution in [2.45, 2.75) is 34.5 Å². The van der Waals surface area contributed by atoms with Crippen LogP contribution in [0.4, 0.5) is 34.1 Å². The average molecular weight is 870 g/mol. The number of hydrogen-bond acceptors (Lipinski definition) is 2. The predicted molar refractivity (Wildman–Crippen MR) is 260 cm³/mol. The van der Waals surface area contributed by atoms with E-state index in [4.69, 9.17) is 0 Å². The van der Waals surface area contributed by atoms with Crippen LogP contribution >= 0.6 is 0 Å². The van der Waals surface area contributed by atoms with Gasteiger partial charge in [0.2, 0.25) is 0 Å². The number of anilines is 6. The first-order chi connectivity index (χ1) is 28.0. The Balaban J connectivity index is 1.24. The second-order valence-corrected chi connectivity index (χ2v) is 39.2. The van der Waals surface area contributed by atoms with Crippen LogP contribution in [-0.2, 0) is 0 Å². The number of benzene rings is 10. The van der Waals surface area contributed by atoms with Crippen molar-refractivity contribution < 1.29 is 0 Å². The fourth-order valence-electron chi connectivity index (χ4n) is 9.00. The fraction of sp³-hybridized carbons (Fsp3) is 0.111. The Hall–Kier alpha value is -5.55. The Morgan fingerprint density at radius 1 is 0.276 bits per heavy atom. The van der Waals surface area contributed by atoms with Gasteiger partial charge in [-0.3, -0.25) is 0 Å². The number of rotatable bonds is 8. The second kappa shape index (κ2) is 14.1. The van der Waals surface area contributed by atoms with Crippen molar-refractivity contribution in [2.24, 2.45) is 0 Å². The van der Waals surface area contributed by atoms with E-state index in [0.29, 0.717) is 0 Å². The van der Waals surface area contributed by atoms with Gasteiger partial charge in [-0.2, -0.15) is 0 Å². The summed E-state index contributed by atoms with van der Waals surface area (Å²) in [7, 11) is 0. The summed E-state index contributed by atoms with van der Waals surface area (Å²) in [6.45, 7) is 0. The van der Waals surface area contributed by atoms with Crippen LogP contribution < -0.4 is 18.6 Å². The van der Waals surface area contributed by atoms with E-state index in [9.17, 15) is 0 Å². The van der Waals surface area contributed by atoms with E-state index < -0.39 is 26.5 Å². The molecule has 2 nitrogen and oxygen atoms in total. The van der Waals surface area contributed by atoms with Crippen LogP contribution in [0.2, 0.25) is 34.5 Å². The van der Waals surface area contributed by atoms with Crippen molar-refractivity contribution in [3.05, 3.63) is 182 Å².